The minimum Gasteiger partial charge on any atom is -0.497 e. The third-order valence-corrected chi connectivity index (χ3v) is 4.71. The molecular formula is C19H17F2N3O4S. The van der Waals surface area contributed by atoms with Crippen molar-refractivity contribution in [3.63, 3.8) is 0 Å². The van der Waals surface area contributed by atoms with Gasteiger partial charge in [0.1, 0.15) is 17.2 Å². The Hall–Kier alpha value is -3.14. The number of nitrogens with zero attached hydrogens (tertiary/aromatic N) is 2. The molecule has 0 atom stereocenters. The molecule has 152 valence electrons. The van der Waals surface area contributed by atoms with Gasteiger partial charge in [0.15, 0.2) is 11.6 Å². The molecule has 3 rings (SSSR count). The lowest BCUT2D eigenvalue weighted by molar-refractivity contribution is -0.0498. The summed E-state index contributed by atoms with van der Waals surface area (Å²) in [5.74, 6) is 1.61. The minimum absolute atomic E-state index is 0.00347. The molecule has 0 aliphatic heterocycles. The van der Waals surface area contributed by atoms with Gasteiger partial charge in [0.25, 0.3) is 0 Å². The molecule has 3 aromatic rings. The molecule has 0 amide bonds. The summed E-state index contributed by atoms with van der Waals surface area (Å²) in [7, 11) is 3.11. The first kappa shape index (κ1) is 20.6. The van der Waals surface area contributed by atoms with Gasteiger partial charge in [-0.25, -0.2) is 4.98 Å². The van der Waals surface area contributed by atoms with Crippen LogP contribution < -0.4 is 14.2 Å². The van der Waals surface area contributed by atoms with E-state index in [1.54, 1.807) is 32.4 Å². The van der Waals surface area contributed by atoms with E-state index >= 15 is 0 Å². The normalized spacial score (nSPS) is 10.8. The van der Waals surface area contributed by atoms with Gasteiger partial charge in [-0.1, -0.05) is 11.8 Å². The van der Waals surface area contributed by atoms with E-state index in [1.807, 2.05) is 0 Å². The van der Waals surface area contributed by atoms with Crippen LogP contribution in [-0.2, 0) is 0 Å². The number of halogens is 2. The van der Waals surface area contributed by atoms with Gasteiger partial charge in [-0.15, -0.1) is 5.10 Å². The van der Waals surface area contributed by atoms with Crippen molar-refractivity contribution in [2.75, 3.05) is 20.0 Å². The zero-order chi connectivity index (χ0) is 20.8. The maximum atomic E-state index is 12.3. The van der Waals surface area contributed by atoms with Crippen molar-refractivity contribution >= 4 is 17.5 Å². The molecule has 1 heterocycles. The van der Waals surface area contributed by atoms with E-state index in [0.717, 1.165) is 11.8 Å². The summed E-state index contributed by atoms with van der Waals surface area (Å²) >= 11 is 1.16. The number of benzene rings is 2. The predicted molar refractivity (Wildman–Crippen MR) is 103 cm³/mol. The number of aromatic amines is 1. The predicted octanol–water partition coefficient (Wildman–Crippen LogP) is 4.07. The first-order valence-corrected chi connectivity index (χ1v) is 9.34. The third-order valence-electron chi connectivity index (χ3n) is 3.86. The van der Waals surface area contributed by atoms with Gasteiger partial charge < -0.3 is 14.2 Å². The zero-order valence-corrected chi connectivity index (χ0v) is 16.3. The van der Waals surface area contributed by atoms with E-state index < -0.39 is 6.61 Å². The lowest BCUT2D eigenvalue weighted by atomic mass is 10.1. The SMILES string of the molecule is COc1ccc(-c2nc(SCC(=O)c3ccc(OC(F)F)cc3)n[nH]2)c(OC)c1. The summed E-state index contributed by atoms with van der Waals surface area (Å²) in [6, 6.07) is 10.8. The number of ketones is 1. The number of nitrogens with one attached hydrogen (secondary N) is 1. The highest BCUT2D eigenvalue weighted by Gasteiger charge is 2.14. The molecule has 0 aliphatic carbocycles. The quantitative estimate of drug-likeness (QED) is 0.412. The van der Waals surface area contributed by atoms with E-state index in [1.165, 1.54) is 24.3 Å². The van der Waals surface area contributed by atoms with Gasteiger partial charge in [-0.05, 0) is 36.4 Å². The summed E-state index contributed by atoms with van der Waals surface area (Å²) in [5, 5.41) is 7.32. The number of rotatable bonds is 9. The number of hydrogen-bond donors (Lipinski definition) is 1. The van der Waals surface area contributed by atoms with Crippen LogP contribution in [0.3, 0.4) is 0 Å². The van der Waals surface area contributed by atoms with Crippen LogP contribution in [0.25, 0.3) is 11.4 Å². The number of alkyl halides is 2. The average Bonchev–Trinajstić information content (AvgIpc) is 3.20. The Morgan fingerprint density at radius 3 is 2.48 bits per heavy atom. The lowest BCUT2D eigenvalue weighted by Crippen LogP contribution is -2.04. The number of methoxy groups -OCH3 is 2. The van der Waals surface area contributed by atoms with Crippen molar-refractivity contribution in [2.24, 2.45) is 0 Å². The standard InChI is InChI=1S/C19H17F2N3O4S/c1-26-13-7-8-14(16(9-13)27-2)17-22-19(24-23-17)29-10-15(25)11-3-5-12(6-4-11)28-18(20)21/h3-9,18H,10H2,1-2H3,(H,22,23,24). The molecule has 2 aromatic carbocycles. The number of aromatic nitrogens is 3. The highest BCUT2D eigenvalue weighted by molar-refractivity contribution is 7.99. The van der Waals surface area contributed by atoms with Crippen LogP contribution >= 0.6 is 11.8 Å². The van der Waals surface area contributed by atoms with Gasteiger partial charge in [-0.3, -0.25) is 9.89 Å². The van der Waals surface area contributed by atoms with Crippen molar-refractivity contribution < 1.29 is 27.8 Å². The van der Waals surface area contributed by atoms with Crippen LogP contribution in [0, 0.1) is 0 Å². The molecule has 0 fully saturated rings. The van der Waals surface area contributed by atoms with Crippen LogP contribution in [0.15, 0.2) is 47.6 Å². The van der Waals surface area contributed by atoms with Crippen molar-refractivity contribution in [3.8, 4) is 28.6 Å². The highest BCUT2D eigenvalue weighted by atomic mass is 32.2. The number of carbonyl (C=O) groups excluding carboxylic acids is 1. The number of Topliss-reactive ketones (excluding diaryl/α,β-unsaturated/α-hetero) is 1. The minimum atomic E-state index is -2.91. The van der Waals surface area contributed by atoms with Crippen LogP contribution in [0.2, 0.25) is 0 Å². The second kappa shape index (κ2) is 9.37. The molecule has 7 nitrogen and oxygen atoms in total. The van der Waals surface area contributed by atoms with Crippen molar-refractivity contribution in [1.29, 1.82) is 0 Å². The fraction of sp³-hybridized carbons (Fsp3) is 0.211. The fourth-order valence-electron chi connectivity index (χ4n) is 2.46. The van der Waals surface area contributed by atoms with Crippen LogP contribution in [0.5, 0.6) is 17.2 Å². The molecule has 1 N–H and O–H groups in total. The van der Waals surface area contributed by atoms with E-state index in [0.29, 0.717) is 33.6 Å². The van der Waals surface area contributed by atoms with Crippen LogP contribution in [0.4, 0.5) is 8.78 Å². The number of thioether (sulfide) groups is 1. The van der Waals surface area contributed by atoms with Gasteiger partial charge in [0.2, 0.25) is 5.16 Å². The number of carbonyl (C=O) groups is 1. The Balaban J connectivity index is 1.64. The molecule has 0 bridgehead atoms. The number of hydrogen-bond acceptors (Lipinski definition) is 7. The Labute approximate surface area is 169 Å². The topological polar surface area (TPSA) is 86.3 Å². The molecule has 10 heteroatoms. The van der Waals surface area contributed by atoms with E-state index in [2.05, 4.69) is 19.9 Å². The van der Waals surface area contributed by atoms with Crippen molar-refractivity contribution in [2.45, 2.75) is 11.8 Å². The average molecular weight is 421 g/mol. The van der Waals surface area contributed by atoms with Crippen molar-refractivity contribution in [1.82, 2.24) is 15.2 Å². The number of ether oxygens (including phenoxy) is 3. The summed E-state index contributed by atoms with van der Waals surface area (Å²) < 4.78 is 39.1. The molecule has 29 heavy (non-hydrogen) atoms. The highest BCUT2D eigenvalue weighted by Crippen LogP contribution is 2.32. The second-order valence-corrected chi connectivity index (χ2v) is 6.59. The largest absolute Gasteiger partial charge is 0.497 e. The molecule has 0 aliphatic rings. The second-order valence-electron chi connectivity index (χ2n) is 5.65. The number of H-pyrrole nitrogens is 1. The van der Waals surface area contributed by atoms with Crippen LogP contribution in [0.1, 0.15) is 10.4 Å². The lowest BCUT2D eigenvalue weighted by Gasteiger charge is -2.07. The first-order chi connectivity index (χ1) is 14.0. The molecule has 0 radical (unpaired) electrons. The Morgan fingerprint density at radius 1 is 1.10 bits per heavy atom. The molecule has 0 saturated heterocycles. The first-order valence-electron chi connectivity index (χ1n) is 8.36. The van der Waals surface area contributed by atoms with Crippen LogP contribution in [-0.4, -0.2) is 47.5 Å². The fourth-order valence-corrected chi connectivity index (χ4v) is 3.15. The van der Waals surface area contributed by atoms with E-state index in [4.69, 9.17) is 9.47 Å². The van der Waals surface area contributed by atoms with Crippen molar-refractivity contribution in [3.05, 3.63) is 48.0 Å². The molecule has 0 saturated carbocycles. The maximum absolute atomic E-state index is 12.3. The summed E-state index contributed by atoms with van der Waals surface area (Å²) in [5.41, 5.74) is 1.08. The van der Waals surface area contributed by atoms with Gasteiger partial charge in [0.05, 0.1) is 25.5 Å². The van der Waals surface area contributed by atoms with E-state index in [-0.39, 0.29) is 17.3 Å². The molecule has 1 aromatic heterocycles. The molecule has 0 unspecified atom stereocenters. The van der Waals surface area contributed by atoms with Gasteiger partial charge in [-0.2, -0.15) is 8.78 Å². The van der Waals surface area contributed by atoms with Gasteiger partial charge >= 0.3 is 6.61 Å². The Kier molecular flexibility index (Phi) is 6.65. The smallest absolute Gasteiger partial charge is 0.387 e. The molecular weight excluding hydrogens is 404 g/mol. The zero-order valence-electron chi connectivity index (χ0n) is 15.5. The Morgan fingerprint density at radius 2 is 1.83 bits per heavy atom. The summed E-state index contributed by atoms with van der Waals surface area (Å²) in [6.45, 7) is -2.91. The maximum Gasteiger partial charge on any atom is 0.387 e. The summed E-state index contributed by atoms with van der Waals surface area (Å²) in [4.78, 5) is 16.7. The monoisotopic (exact) mass is 421 g/mol. The van der Waals surface area contributed by atoms with Gasteiger partial charge in [0, 0.05) is 11.6 Å². The molecule has 0 spiro atoms. The Bertz CT molecular complexity index is 980. The summed E-state index contributed by atoms with van der Waals surface area (Å²) in [6.07, 6.45) is 0. The van der Waals surface area contributed by atoms with E-state index in [9.17, 15) is 13.6 Å². The third kappa shape index (κ3) is 5.23.